The van der Waals surface area contributed by atoms with Crippen LogP contribution >= 0.6 is 0 Å². The zero-order valence-electron chi connectivity index (χ0n) is 16.5. The summed E-state index contributed by atoms with van der Waals surface area (Å²) < 4.78 is 6.10. The topological polar surface area (TPSA) is 47.3 Å². The van der Waals surface area contributed by atoms with Gasteiger partial charge in [0.25, 0.3) is 0 Å². The molecule has 27 heavy (non-hydrogen) atoms. The highest BCUT2D eigenvalue weighted by molar-refractivity contribution is 5.92. The summed E-state index contributed by atoms with van der Waals surface area (Å²) in [6.07, 6.45) is 9.24. The average molecular weight is 364 g/mol. The van der Waals surface area contributed by atoms with Crippen molar-refractivity contribution in [1.29, 1.82) is 0 Å². The van der Waals surface area contributed by atoms with Crippen molar-refractivity contribution in [2.75, 3.05) is 0 Å². The lowest BCUT2D eigenvalue weighted by Gasteiger charge is -2.54. The summed E-state index contributed by atoms with van der Waals surface area (Å²) in [4.78, 5) is 24.9. The van der Waals surface area contributed by atoms with Gasteiger partial charge in [0.15, 0.2) is 5.78 Å². The van der Waals surface area contributed by atoms with Crippen LogP contribution in [0.25, 0.3) is 0 Å². The van der Waals surface area contributed by atoms with Crippen molar-refractivity contribution in [1.82, 2.24) is 0 Å². The highest BCUT2D eigenvalue weighted by Gasteiger charge is 2.59. The molecule has 0 spiro atoms. The van der Waals surface area contributed by atoms with Crippen molar-refractivity contribution < 1.29 is 14.0 Å². The summed E-state index contributed by atoms with van der Waals surface area (Å²) in [5, 5.41) is 0. The number of ketones is 2. The molecule has 2 fully saturated rings. The van der Waals surface area contributed by atoms with Gasteiger partial charge in [0, 0.05) is 29.6 Å². The van der Waals surface area contributed by atoms with Crippen molar-refractivity contribution in [3.8, 4) is 0 Å². The molecule has 0 amide bonds. The number of carbonyl (C=O) groups excluding carboxylic acids is 2. The number of hydrogen-bond acceptors (Lipinski definition) is 3. The first-order valence-corrected chi connectivity index (χ1v) is 10.4. The minimum Gasteiger partial charge on any atom is -0.466 e. The third-order valence-corrected chi connectivity index (χ3v) is 8.23. The van der Waals surface area contributed by atoms with Gasteiger partial charge in [-0.15, -0.1) is 0 Å². The smallest absolute Gasteiger partial charge is 0.155 e. The molecule has 1 aromatic heterocycles. The van der Waals surface area contributed by atoms with Crippen LogP contribution < -0.4 is 0 Å². The monoisotopic (exact) mass is 364 g/mol. The van der Waals surface area contributed by atoms with E-state index in [1.165, 1.54) is 11.1 Å². The van der Waals surface area contributed by atoms with E-state index in [4.69, 9.17) is 4.42 Å². The van der Waals surface area contributed by atoms with E-state index in [2.05, 4.69) is 26.0 Å². The first-order chi connectivity index (χ1) is 12.8. The van der Waals surface area contributed by atoms with E-state index >= 15 is 0 Å². The predicted octanol–water partition coefficient (Wildman–Crippen LogP) is 5.30. The van der Waals surface area contributed by atoms with E-state index in [-0.39, 0.29) is 22.5 Å². The number of furan rings is 1. The molecule has 1 heterocycles. The number of fused-ring (bicyclic) bond motifs is 5. The maximum absolute atomic E-state index is 12.7. The van der Waals surface area contributed by atoms with E-state index < -0.39 is 0 Å². The van der Waals surface area contributed by atoms with Crippen molar-refractivity contribution in [3.63, 3.8) is 0 Å². The van der Waals surface area contributed by atoms with Gasteiger partial charge in [0.1, 0.15) is 17.3 Å². The second kappa shape index (κ2) is 5.56. The molecule has 5 atom stereocenters. The Morgan fingerprint density at radius 2 is 1.96 bits per heavy atom. The highest BCUT2D eigenvalue weighted by atomic mass is 16.3. The fourth-order valence-electron chi connectivity index (χ4n) is 6.57. The minimum atomic E-state index is -0.226. The number of carbonyl (C=O) groups is 2. The molecule has 2 saturated carbocycles. The SMILES string of the molecule is Cc1ccc(C2CC3=CC(=O)CC[C@]3(C)C3=CC[C@]4(C)C(=O)CCC4C32)o1. The van der Waals surface area contributed by atoms with Gasteiger partial charge in [-0.3, -0.25) is 9.59 Å². The van der Waals surface area contributed by atoms with Crippen molar-refractivity contribution in [3.05, 3.63) is 47.0 Å². The quantitative estimate of drug-likeness (QED) is 0.635. The Morgan fingerprint density at radius 3 is 2.70 bits per heavy atom. The Bertz CT molecular complexity index is 900. The molecule has 4 aliphatic rings. The molecule has 0 radical (unpaired) electrons. The number of hydrogen-bond donors (Lipinski definition) is 0. The zero-order valence-corrected chi connectivity index (χ0v) is 16.5. The molecule has 1 aromatic rings. The van der Waals surface area contributed by atoms with Gasteiger partial charge in [0.05, 0.1) is 0 Å². The molecule has 0 N–H and O–H groups in total. The van der Waals surface area contributed by atoms with Crippen molar-refractivity contribution in [2.24, 2.45) is 22.7 Å². The second-order valence-electron chi connectivity index (χ2n) is 9.60. The van der Waals surface area contributed by atoms with E-state index in [1.807, 2.05) is 19.1 Å². The van der Waals surface area contributed by atoms with Crippen LogP contribution in [0, 0.1) is 29.6 Å². The second-order valence-corrected chi connectivity index (χ2v) is 9.60. The van der Waals surface area contributed by atoms with Crippen LogP contribution in [0.15, 0.2) is 39.8 Å². The lowest BCUT2D eigenvalue weighted by Crippen LogP contribution is -2.47. The first kappa shape index (κ1) is 17.2. The number of Topliss-reactive ketones (excluding diaryl/α,β-unsaturated/α-hetero) is 1. The van der Waals surface area contributed by atoms with E-state index in [1.54, 1.807) is 0 Å². The molecule has 0 aromatic carbocycles. The van der Waals surface area contributed by atoms with Gasteiger partial charge in [-0.25, -0.2) is 0 Å². The summed E-state index contributed by atoms with van der Waals surface area (Å²) >= 11 is 0. The molecule has 3 heteroatoms. The molecule has 5 rings (SSSR count). The Morgan fingerprint density at radius 1 is 1.15 bits per heavy atom. The average Bonchev–Trinajstić information content (AvgIpc) is 3.19. The lowest BCUT2D eigenvalue weighted by molar-refractivity contribution is -0.127. The van der Waals surface area contributed by atoms with Gasteiger partial charge >= 0.3 is 0 Å². The molecule has 4 aliphatic carbocycles. The zero-order chi connectivity index (χ0) is 19.0. The maximum Gasteiger partial charge on any atom is 0.155 e. The van der Waals surface area contributed by atoms with Gasteiger partial charge < -0.3 is 4.42 Å². The van der Waals surface area contributed by atoms with Crippen LogP contribution in [0.1, 0.15) is 69.8 Å². The number of aryl methyl sites for hydroxylation is 1. The molecule has 0 aliphatic heterocycles. The third-order valence-electron chi connectivity index (χ3n) is 8.23. The lowest BCUT2D eigenvalue weighted by atomic mass is 9.49. The number of allylic oxidation sites excluding steroid dienone is 4. The molecule has 0 saturated heterocycles. The van der Waals surface area contributed by atoms with E-state index in [0.29, 0.717) is 30.5 Å². The normalized spacial score (nSPS) is 40.8. The van der Waals surface area contributed by atoms with Crippen LogP contribution in [0.4, 0.5) is 0 Å². The summed E-state index contributed by atoms with van der Waals surface area (Å²) in [7, 11) is 0. The Kier molecular flexibility index (Phi) is 3.54. The molecule has 142 valence electrons. The Labute approximate surface area is 160 Å². The summed E-state index contributed by atoms with van der Waals surface area (Å²) in [5.41, 5.74) is 2.50. The number of rotatable bonds is 1. The van der Waals surface area contributed by atoms with Gasteiger partial charge in [-0.05, 0) is 62.7 Å². The molecule has 3 unspecified atom stereocenters. The van der Waals surface area contributed by atoms with Crippen molar-refractivity contribution >= 4 is 11.6 Å². The summed E-state index contributed by atoms with van der Waals surface area (Å²) in [5.74, 6) is 3.60. The highest BCUT2D eigenvalue weighted by Crippen LogP contribution is 2.65. The van der Waals surface area contributed by atoms with E-state index in [9.17, 15) is 9.59 Å². The minimum absolute atomic E-state index is 0.0241. The van der Waals surface area contributed by atoms with Crippen molar-refractivity contribution in [2.45, 2.75) is 65.2 Å². The Hall–Kier alpha value is -1.90. The van der Waals surface area contributed by atoms with Gasteiger partial charge in [-0.1, -0.05) is 31.1 Å². The fourth-order valence-corrected chi connectivity index (χ4v) is 6.57. The predicted molar refractivity (Wildman–Crippen MR) is 103 cm³/mol. The van der Waals surface area contributed by atoms with E-state index in [0.717, 1.165) is 37.2 Å². The Balaban J connectivity index is 1.69. The summed E-state index contributed by atoms with van der Waals surface area (Å²) in [6, 6.07) is 4.14. The van der Waals surface area contributed by atoms with Crippen LogP contribution in [-0.4, -0.2) is 11.6 Å². The van der Waals surface area contributed by atoms with Crippen LogP contribution in [0.3, 0.4) is 0 Å². The largest absolute Gasteiger partial charge is 0.466 e. The molecular formula is C24H28O3. The molecular weight excluding hydrogens is 336 g/mol. The van der Waals surface area contributed by atoms with Crippen LogP contribution in [-0.2, 0) is 9.59 Å². The molecule has 3 nitrogen and oxygen atoms in total. The van der Waals surface area contributed by atoms with Gasteiger partial charge in [-0.2, -0.15) is 0 Å². The molecule has 0 bridgehead atoms. The third kappa shape index (κ3) is 2.26. The standard InChI is InChI=1S/C24H28O3/c1-14-4-6-20(27-14)17-13-15-12-16(25)8-10-23(15,2)19-9-11-24(3)18(22(17)19)5-7-21(24)26/h4,6,9,12,17-18,22H,5,7-8,10-11,13H2,1-3H3/t17?,18?,22?,23-,24-/m0/s1. The first-order valence-electron chi connectivity index (χ1n) is 10.4. The summed E-state index contributed by atoms with van der Waals surface area (Å²) in [6.45, 7) is 6.50. The van der Waals surface area contributed by atoms with Gasteiger partial charge in [0.2, 0.25) is 0 Å². The maximum atomic E-state index is 12.7. The van der Waals surface area contributed by atoms with Crippen LogP contribution in [0.5, 0.6) is 0 Å². The van der Waals surface area contributed by atoms with Crippen LogP contribution in [0.2, 0.25) is 0 Å². The fraction of sp³-hybridized carbons (Fsp3) is 0.583.